The summed E-state index contributed by atoms with van der Waals surface area (Å²) in [6.07, 6.45) is 2.23. The molecule has 0 bridgehead atoms. The van der Waals surface area contributed by atoms with Crippen LogP contribution in [0.3, 0.4) is 0 Å². The van der Waals surface area contributed by atoms with Gasteiger partial charge in [-0.2, -0.15) is 5.10 Å². The third-order valence-corrected chi connectivity index (χ3v) is 5.99. The van der Waals surface area contributed by atoms with Crippen LogP contribution in [0.1, 0.15) is 41.5 Å². The SMILES string of the molecule is Cc1noc(C)c1COc1ccc(S(=O)(=O)Nc2ccc(C3CC3)nn2)cc1. The number of aromatic nitrogens is 3. The van der Waals surface area contributed by atoms with Crippen LogP contribution < -0.4 is 9.46 Å². The molecule has 4 rings (SSSR count). The van der Waals surface area contributed by atoms with Gasteiger partial charge < -0.3 is 9.26 Å². The Morgan fingerprint density at radius 3 is 2.43 bits per heavy atom. The molecule has 1 N–H and O–H groups in total. The molecule has 3 aromatic rings. The van der Waals surface area contributed by atoms with Gasteiger partial charge in [0.05, 0.1) is 21.8 Å². The first kappa shape index (κ1) is 18.4. The van der Waals surface area contributed by atoms with Crippen molar-refractivity contribution in [1.29, 1.82) is 0 Å². The lowest BCUT2D eigenvalue weighted by Gasteiger charge is -2.09. The molecule has 0 radical (unpaired) electrons. The first-order valence-electron chi connectivity index (χ1n) is 8.93. The van der Waals surface area contributed by atoms with Crippen LogP contribution in [-0.2, 0) is 16.6 Å². The van der Waals surface area contributed by atoms with Crippen molar-refractivity contribution in [2.75, 3.05) is 4.72 Å². The predicted octanol–water partition coefficient (Wildman–Crippen LogP) is 3.34. The molecule has 146 valence electrons. The van der Waals surface area contributed by atoms with E-state index in [2.05, 4.69) is 20.1 Å². The highest BCUT2D eigenvalue weighted by Crippen LogP contribution is 2.38. The van der Waals surface area contributed by atoms with E-state index in [1.807, 2.05) is 19.9 Å². The number of nitrogens with zero attached hydrogens (tertiary/aromatic N) is 3. The number of aryl methyl sites for hydroxylation is 2. The third kappa shape index (κ3) is 3.99. The summed E-state index contributed by atoms with van der Waals surface area (Å²) in [6, 6.07) is 9.63. The normalized spacial score (nSPS) is 14.1. The quantitative estimate of drug-likeness (QED) is 0.648. The zero-order valence-electron chi connectivity index (χ0n) is 15.5. The van der Waals surface area contributed by atoms with Crippen molar-refractivity contribution in [3.8, 4) is 5.75 Å². The van der Waals surface area contributed by atoms with E-state index >= 15 is 0 Å². The fourth-order valence-electron chi connectivity index (χ4n) is 2.77. The largest absolute Gasteiger partial charge is 0.489 e. The number of benzene rings is 1. The lowest BCUT2D eigenvalue weighted by molar-refractivity contribution is 0.301. The molecule has 8 nitrogen and oxygen atoms in total. The van der Waals surface area contributed by atoms with Crippen molar-refractivity contribution in [3.05, 3.63) is 59.1 Å². The molecule has 1 aliphatic carbocycles. The van der Waals surface area contributed by atoms with Gasteiger partial charge in [0.25, 0.3) is 10.0 Å². The van der Waals surface area contributed by atoms with Crippen molar-refractivity contribution >= 4 is 15.8 Å². The van der Waals surface area contributed by atoms with Crippen LogP contribution >= 0.6 is 0 Å². The van der Waals surface area contributed by atoms with E-state index in [-0.39, 0.29) is 10.7 Å². The number of hydrogen-bond donors (Lipinski definition) is 1. The summed E-state index contributed by atoms with van der Waals surface area (Å²) in [5, 5.41) is 11.9. The molecule has 0 aliphatic heterocycles. The monoisotopic (exact) mass is 400 g/mol. The maximum absolute atomic E-state index is 12.5. The molecular formula is C19H20N4O4S. The molecule has 1 aromatic carbocycles. The number of ether oxygens (including phenoxy) is 1. The fraction of sp³-hybridized carbons (Fsp3) is 0.316. The summed E-state index contributed by atoms with van der Waals surface area (Å²) in [5.74, 6) is 1.92. The lowest BCUT2D eigenvalue weighted by Crippen LogP contribution is -2.14. The summed E-state index contributed by atoms with van der Waals surface area (Å²) >= 11 is 0. The topological polar surface area (TPSA) is 107 Å². The molecule has 0 spiro atoms. The van der Waals surface area contributed by atoms with Gasteiger partial charge in [0.1, 0.15) is 18.1 Å². The molecule has 1 fully saturated rings. The predicted molar refractivity (Wildman–Crippen MR) is 102 cm³/mol. The van der Waals surface area contributed by atoms with E-state index in [0.717, 1.165) is 29.8 Å². The second-order valence-corrected chi connectivity index (χ2v) is 8.47. The van der Waals surface area contributed by atoms with E-state index < -0.39 is 10.0 Å². The second-order valence-electron chi connectivity index (χ2n) is 6.79. The number of nitrogens with one attached hydrogen (secondary N) is 1. The minimum Gasteiger partial charge on any atom is -0.489 e. The summed E-state index contributed by atoms with van der Waals surface area (Å²) < 4.78 is 38.3. The van der Waals surface area contributed by atoms with Crippen LogP contribution in [0.4, 0.5) is 5.82 Å². The molecule has 2 aromatic heterocycles. The minimum atomic E-state index is -3.75. The summed E-state index contributed by atoms with van der Waals surface area (Å²) in [7, 11) is -3.75. The molecular weight excluding hydrogens is 380 g/mol. The molecule has 0 atom stereocenters. The third-order valence-electron chi connectivity index (χ3n) is 4.62. The summed E-state index contributed by atoms with van der Waals surface area (Å²) in [4.78, 5) is 0.116. The molecule has 1 aliphatic rings. The average Bonchev–Trinajstić information content (AvgIpc) is 3.47. The Morgan fingerprint density at radius 2 is 1.86 bits per heavy atom. The molecule has 9 heteroatoms. The standard InChI is InChI=1S/C19H20N4O4S/c1-12-17(13(2)27-22-12)11-26-15-5-7-16(8-6-15)28(24,25)23-19-10-9-18(20-21-19)14-3-4-14/h5-10,14H,3-4,11H2,1-2H3,(H,21,23). The molecule has 2 heterocycles. The first-order chi connectivity index (χ1) is 13.4. The van der Waals surface area contributed by atoms with Gasteiger partial charge in [-0.3, -0.25) is 4.72 Å². The van der Waals surface area contributed by atoms with Gasteiger partial charge >= 0.3 is 0 Å². The Morgan fingerprint density at radius 1 is 1.11 bits per heavy atom. The second kappa shape index (κ2) is 7.23. The average molecular weight is 400 g/mol. The van der Waals surface area contributed by atoms with Crippen LogP contribution in [0.15, 0.2) is 45.8 Å². The van der Waals surface area contributed by atoms with Crippen molar-refractivity contribution in [2.45, 2.75) is 44.1 Å². The summed E-state index contributed by atoms with van der Waals surface area (Å²) in [5.41, 5.74) is 2.56. The Hall–Kier alpha value is -2.94. The Bertz CT molecular complexity index is 1050. The fourth-order valence-corrected chi connectivity index (χ4v) is 3.77. The zero-order chi connectivity index (χ0) is 19.7. The summed E-state index contributed by atoms with van der Waals surface area (Å²) in [6.45, 7) is 3.96. The molecule has 1 saturated carbocycles. The van der Waals surface area contributed by atoms with E-state index in [1.54, 1.807) is 18.2 Å². The number of rotatable bonds is 7. The Balaban J connectivity index is 1.41. The van der Waals surface area contributed by atoms with E-state index in [0.29, 0.717) is 24.0 Å². The van der Waals surface area contributed by atoms with E-state index in [9.17, 15) is 8.42 Å². The molecule has 28 heavy (non-hydrogen) atoms. The van der Waals surface area contributed by atoms with Crippen molar-refractivity contribution < 1.29 is 17.7 Å². The van der Waals surface area contributed by atoms with E-state index in [4.69, 9.17) is 9.26 Å². The van der Waals surface area contributed by atoms with Gasteiger partial charge in [-0.05, 0) is 63.1 Å². The van der Waals surface area contributed by atoms with Crippen molar-refractivity contribution in [2.24, 2.45) is 0 Å². The van der Waals surface area contributed by atoms with Gasteiger partial charge in [0.15, 0.2) is 5.82 Å². The van der Waals surface area contributed by atoms with Gasteiger partial charge in [-0.25, -0.2) is 8.42 Å². The smallest absolute Gasteiger partial charge is 0.263 e. The maximum atomic E-state index is 12.5. The van der Waals surface area contributed by atoms with Gasteiger partial charge in [0, 0.05) is 5.92 Å². The zero-order valence-corrected chi connectivity index (χ0v) is 16.4. The minimum absolute atomic E-state index is 0.116. The molecule has 0 amide bonds. The van der Waals surface area contributed by atoms with Crippen LogP contribution in [0.5, 0.6) is 5.75 Å². The number of sulfonamides is 1. The highest BCUT2D eigenvalue weighted by atomic mass is 32.2. The van der Waals surface area contributed by atoms with Crippen LogP contribution in [0.25, 0.3) is 0 Å². The van der Waals surface area contributed by atoms with Crippen molar-refractivity contribution in [3.63, 3.8) is 0 Å². The van der Waals surface area contributed by atoms with Crippen LogP contribution in [0.2, 0.25) is 0 Å². The highest BCUT2D eigenvalue weighted by Gasteiger charge is 2.25. The molecule has 0 unspecified atom stereocenters. The first-order valence-corrected chi connectivity index (χ1v) is 10.4. The Kier molecular flexibility index (Phi) is 4.76. The van der Waals surface area contributed by atoms with E-state index in [1.165, 1.54) is 12.1 Å². The van der Waals surface area contributed by atoms with Gasteiger partial charge in [-0.1, -0.05) is 5.16 Å². The maximum Gasteiger partial charge on any atom is 0.263 e. The van der Waals surface area contributed by atoms with Gasteiger partial charge in [-0.15, -0.1) is 5.10 Å². The highest BCUT2D eigenvalue weighted by molar-refractivity contribution is 7.92. The lowest BCUT2D eigenvalue weighted by atomic mass is 10.2. The van der Waals surface area contributed by atoms with Crippen molar-refractivity contribution in [1.82, 2.24) is 15.4 Å². The van der Waals surface area contributed by atoms with Crippen LogP contribution in [-0.4, -0.2) is 23.8 Å². The molecule has 0 saturated heterocycles. The number of hydrogen-bond acceptors (Lipinski definition) is 7. The number of anilines is 1. The van der Waals surface area contributed by atoms with Crippen LogP contribution in [0, 0.1) is 13.8 Å². The Labute approximate surface area is 163 Å². The van der Waals surface area contributed by atoms with Gasteiger partial charge in [0.2, 0.25) is 0 Å².